The minimum Gasteiger partial charge on any atom is -0.339 e. The standard InChI is InChI=1S/C19H24N6OS2/c1-2-5-16-21-22-19(27)25(16)13-18(26)24-10-8-23(9-11-24)12-17-20-14-6-3-4-7-15(14)28-17/h3-4,6-7H,2,5,8-13H2,1H3,(H,22,27). The first kappa shape index (κ1) is 19.2. The summed E-state index contributed by atoms with van der Waals surface area (Å²) < 4.78 is 3.58. The number of fused-ring (bicyclic) bond motifs is 1. The van der Waals surface area contributed by atoms with Crippen LogP contribution in [0.15, 0.2) is 24.3 Å². The normalized spacial score (nSPS) is 15.4. The van der Waals surface area contributed by atoms with Gasteiger partial charge in [0.25, 0.3) is 0 Å². The Bertz CT molecular complexity index is 982. The van der Waals surface area contributed by atoms with Crippen molar-refractivity contribution in [2.45, 2.75) is 32.9 Å². The molecule has 0 radical (unpaired) electrons. The van der Waals surface area contributed by atoms with Crippen LogP contribution in [0.2, 0.25) is 0 Å². The number of benzene rings is 1. The molecule has 1 amide bonds. The Morgan fingerprint density at radius 2 is 2.04 bits per heavy atom. The molecule has 1 fully saturated rings. The molecule has 0 saturated carbocycles. The van der Waals surface area contributed by atoms with Crippen LogP contribution >= 0.6 is 23.6 Å². The summed E-state index contributed by atoms with van der Waals surface area (Å²) in [4.78, 5) is 21.8. The molecular weight excluding hydrogens is 392 g/mol. The van der Waals surface area contributed by atoms with Gasteiger partial charge in [0.2, 0.25) is 5.91 Å². The molecule has 3 heterocycles. The summed E-state index contributed by atoms with van der Waals surface area (Å²) in [6, 6.07) is 8.24. The molecule has 0 spiro atoms. The van der Waals surface area contributed by atoms with E-state index >= 15 is 0 Å². The molecule has 0 bridgehead atoms. The van der Waals surface area contributed by atoms with Crippen molar-refractivity contribution in [3.05, 3.63) is 39.9 Å². The summed E-state index contributed by atoms with van der Waals surface area (Å²) in [5.41, 5.74) is 1.07. The van der Waals surface area contributed by atoms with Gasteiger partial charge < -0.3 is 4.90 Å². The number of carbonyl (C=O) groups excluding carboxylic acids is 1. The van der Waals surface area contributed by atoms with Gasteiger partial charge in [0, 0.05) is 32.6 Å². The van der Waals surface area contributed by atoms with Gasteiger partial charge in [-0.1, -0.05) is 19.1 Å². The van der Waals surface area contributed by atoms with Crippen molar-refractivity contribution in [1.29, 1.82) is 0 Å². The second-order valence-electron chi connectivity index (χ2n) is 7.01. The molecule has 7 nitrogen and oxygen atoms in total. The number of nitrogens with zero attached hydrogens (tertiary/aromatic N) is 5. The molecule has 1 aliphatic rings. The van der Waals surface area contributed by atoms with E-state index in [4.69, 9.17) is 17.2 Å². The highest BCUT2D eigenvalue weighted by Gasteiger charge is 2.23. The van der Waals surface area contributed by atoms with Gasteiger partial charge in [-0.3, -0.25) is 19.4 Å². The fourth-order valence-corrected chi connectivity index (χ4v) is 4.72. The molecule has 0 aliphatic carbocycles. The van der Waals surface area contributed by atoms with E-state index in [2.05, 4.69) is 34.2 Å². The average molecular weight is 417 g/mol. The maximum Gasteiger partial charge on any atom is 0.242 e. The maximum absolute atomic E-state index is 12.7. The number of amides is 1. The number of rotatable bonds is 6. The van der Waals surface area contributed by atoms with Gasteiger partial charge >= 0.3 is 0 Å². The zero-order chi connectivity index (χ0) is 19.5. The van der Waals surface area contributed by atoms with E-state index in [1.807, 2.05) is 21.6 Å². The minimum atomic E-state index is 0.106. The molecule has 9 heteroatoms. The number of para-hydroxylation sites is 1. The largest absolute Gasteiger partial charge is 0.339 e. The summed E-state index contributed by atoms with van der Waals surface area (Å²) in [5, 5.41) is 8.18. The lowest BCUT2D eigenvalue weighted by Crippen LogP contribution is -2.49. The first-order valence-electron chi connectivity index (χ1n) is 9.62. The maximum atomic E-state index is 12.7. The molecule has 0 atom stereocenters. The van der Waals surface area contributed by atoms with E-state index in [0.29, 0.717) is 4.77 Å². The molecule has 1 saturated heterocycles. The van der Waals surface area contributed by atoms with Crippen LogP contribution in [0, 0.1) is 4.77 Å². The molecule has 148 valence electrons. The molecule has 4 rings (SSSR count). The Morgan fingerprint density at radius 3 is 2.79 bits per heavy atom. The van der Waals surface area contributed by atoms with E-state index < -0.39 is 0 Å². The Labute approximate surface area is 173 Å². The number of nitrogens with one attached hydrogen (secondary N) is 1. The Balaban J connectivity index is 1.33. The molecule has 1 aliphatic heterocycles. The number of hydrogen-bond acceptors (Lipinski definition) is 6. The fourth-order valence-electron chi connectivity index (χ4n) is 3.50. The number of hydrogen-bond donors (Lipinski definition) is 1. The van der Waals surface area contributed by atoms with Gasteiger partial charge in [0.05, 0.1) is 16.8 Å². The minimum absolute atomic E-state index is 0.106. The number of H-pyrrole nitrogens is 1. The summed E-state index contributed by atoms with van der Waals surface area (Å²) in [6.07, 6.45) is 1.79. The highest BCUT2D eigenvalue weighted by molar-refractivity contribution is 7.71. The first-order chi connectivity index (χ1) is 13.6. The van der Waals surface area contributed by atoms with Crippen LogP contribution in [-0.4, -0.2) is 61.6 Å². The third kappa shape index (κ3) is 4.16. The van der Waals surface area contributed by atoms with Crippen LogP contribution in [0.5, 0.6) is 0 Å². The quantitative estimate of drug-likeness (QED) is 0.626. The van der Waals surface area contributed by atoms with E-state index in [9.17, 15) is 4.79 Å². The van der Waals surface area contributed by atoms with Gasteiger partial charge in [-0.05, 0) is 30.8 Å². The highest BCUT2D eigenvalue weighted by Crippen LogP contribution is 2.23. The molecule has 0 unspecified atom stereocenters. The molecule has 2 aromatic heterocycles. The predicted octanol–water partition coefficient (Wildman–Crippen LogP) is 2.85. The van der Waals surface area contributed by atoms with Crippen molar-refractivity contribution < 1.29 is 4.79 Å². The van der Waals surface area contributed by atoms with E-state index in [0.717, 1.165) is 61.9 Å². The first-order valence-corrected chi connectivity index (χ1v) is 10.8. The van der Waals surface area contributed by atoms with Crippen molar-refractivity contribution in [1.82, 2.24) is 29.5 Å². The van der Waals surface area contributed by atoms with Crippen LogP contribution < -0.4 is 0 Å². The summed E-state index contributed by atoms with van der Waals surface area (Å²) in [7, 11) is 0. The third-order valence-corrected chi connectivity index (χ3v) is 6.36. The molecule has 1 aromatic carbocycles. The molecular formula is C19H24N6OS2. The van der Waals surface area contributed by atoms with Crippen LogP contribution in [0.3, 0.4) is 0 Å². The van der Waals surface area contributed by atoms with Crippen LogP contribution in [0.1, 0.15) is 24.2 Å². The second kappa shape index (κ2) is 8.50. The van der Waals surface area contributed by atoms with E-state index in [-0.39, 0.29) is 12.5 Å². The number of aromatic nitrogens is 4. The molecule has 1 N–H and O–H groups in total. The van der Waals surface area contributed by atoms with Crippen LogP contribution in [-0.2, 0) is 24.3 Å². The van der Waals surface area contributed by atoms with Crippen LogP contribution in [0.25, 0.3) is 10.2 Å². The predicted molar refractivity (Wildman–Crippen MR) is 113 cm³/mol. The zero-order valence-electron chi connectivity index (χ0n) is 15.9. The SMILES string of the molecule is CCCc1n[nH]c(=S)n1CC(=O)N1CCN(Cc2nc3ccccc3s2)CC1. The van der Waals surface area contributed by atoms with Crippen molar-refractivity contribution >= 4 is 39.7 Å². The lowest BCUT2D eigenvalue weighted by Gasteiger charge is -2.34. The van der Waals surface area contributed by atoms with Gasteiger partial charge in [-0.2, -0.15) is 5.10 Å². The third-order valence-electron chi connectivity index (χ3n) is 5.03. The number of aryl methyl sites for hydroxylation is 1. The number of piperazine rings is 1. The van der Waals surface area contributed by atoms with Gasteiger partial charge in [-0.25, -0.2) is 4.98 Å². The highest BCUT2D eigenvalue weighted by atomic mass is 32.1. The number of aromatic amines is 1. The van der Waals surface area contributed by atoms with Crippen molar-refractivity contribution in [3.63, 3.8) is 0 Å². The Hall–Kier alpha value is -2.10. The van der Waals surface area contributed by atoms with Crippen molar-refractivity contribution in [2.24, 2.45) is 0 Å². The average Bonchev–Trinajstić information content (AvgIpc) is 3.26. The smallest absolute Gasteiger partial charge is 0.242 e. The van der Waals surface area contributed by atoms with Crippen molar-refractivity contribution in [3.8, 4) is 0 Å². The Kier molecular flexibility index (Phi) is 5.84. The molecule has 3 aromatic rings. The van der Waals surface area contributed by atoms with Gasteiger partial charge in [0.15, 0.2) is 4.77 Å². The molecule has 28 heavy (non-hydrogen) atoms. The summed E-state index contributed by atoms with van der Waals surface area (Å²) in [6.45, 7) is 6.39. The lowest BCUT2D eigenvalue weighted by molar-refractivity contribution is -0.133. The zero-order valence-corrected chi connectivity index (χ0v) is 17.6. The van der Waals surface area contributed by atoms with Gasteiger partial charge in [0.1, 0.15) is 17.4 Å². The Morgan fingerprint density at radius 1 is 1.25 bits per heavy atom. The second-order valence-corrected chi connectivity index (χ2v) is 8.52. The van der Waals surface area contributed by atoms with Crippen LogP contribution in [0.4, 0.5) is 0 Å². The number of carbonyl (C=O) groups is 1. The van der Waals surface area contributed by atoms with E-state index in [1.54, 1.807) is 11.3 Å². The monoisotopic (exact) mass is 416 g/mol. The lowest BCUT2D eigenvalue weighted by atomic mass is 10.3. The topological polar surface area (TPSA) is 70.1 Å². The summed E-state index contributed by atoms with van der Waals surface area (Å²) in [5.74, 6) is 0.963. The van der Waals surface area contributed by atoms with Crippen molar-refractivity contribution in [2.75, 3.05) is 26.2 Å². The summed E-state index contributed by atoms with van der Waals surface area (Å²) >= 11 is 7.04. The fraction of sp³-hybridized carbons (Fsp3) is 0.474. The van der Waals surface area contributed by atoms with Gasteiger partial charge in [-0.15, -0.1) is 11.3 Å². The van der Waals surface area contributed by atoms with E-state index in [1.165, 1.54) is 4.70 Å². The number of thiazole rings is 1.